The minimum Gasteiger partial charge on any atom is -0.478 e. The van der Waals surface area contributed by atoms with Crippen molar-refractivity contribution in [2.45, 2.75) is 18.7 Å². The Morgan fingerprint density at radius 2 is 2.15 bits per heavy atom. The maximum Gasteiger partial charge on any atom is 0.336 e. The number of hydrogen-bond donors (Lipinski definition) is 1. The monoisotopic (exact) mass is 242 g/mol. The molecule has 0 bridgehead atoms. The third kappa shape index (κ3) is 2.31. The van der Waals surface area contributed by atoms with Crippen LogP contribution in [0.2, 0.25) is 0 Å². The van der Waals surface area contributed by atoms with Gasteiger partial charge in [-0.05, 0) is 25.5 Å². The zero-order chi connectivity index (χ0) is 10.0. The van der Waals surface area contributed by atoms with Crippen LogP contribution in [-0.4, -0.2) is 11.1 Å². The molecule has 1 atom stereocenters. The Morgan fingerprint density at radius 1 is 1.54 bits per heavy atom. The molecule has 0 fully saturated rings. The highest BCUT2D eigenvalue weighted by Gasteiger charge is 2.12. The second kappa shape index (κ2) is 3.92. The van der Waals surface area contributed by atoms with Gasteiger partial charge >= 0.3 is 5.97 Å². The summed E-state index contributed by atoms with van der Waals surface area (Å²) >= 11 is 3.37. The molecule has 0 aromatic heterocycles. The van der Waals surface area contributed by atoms with Gasteiger partial charge in [-0.3, -0.25) is 0 Å². The number of aryl methyl sites for hydroxylation is 1. The summed E-state index contributed by atoms with van der Waals surface area (Å²) in [5, 5.41) is 8.88. The quantitative estimate of drug-likeness (QED) is 0.810. The van der Waals surface area contributed by atoms with Crippen molar-refractivity contribution in [1.29, 1.82) is 0 Å². The van der Waals surface area contributed by atoms with Gasteiger partial charge in [-0.2, -0.15) is 0 Å². The molecule has 0 aliphatic carbocycles. The van der Waals surface area contributed by atoms with Crippen LogP contribution in [0, 0.1) is 6.92 Å². The normalized spacial score (nSPS) is 12.5. The molecule has 70 valence electrons. The van der Waals surface area contributed by atoms with Crippen molar-refractivity contribution in [1.82, 2.24) is 0 Å². The number of aromatic carboxylic acids is 1. The van der Waals surface area contributed by atoms with Gasteiger partial charge < -0.3 is 5.11 Å². The van der Waals surface area contributed by atoms with Crippen LogP contribution in [-0.2, 0) is 0 Å². The maximum atomic E-state index is 10.8. The first-order valence-electron chi connectivity index (χ1n) is 4.00. The van der Waals surface area contributed by atoms with Gasteiger partial charge in [0, 0.05) is 4.83 Å². The summed E-state index contributed by atoms with van der Waals surface area (Å²) in [6.07, 6.45) is 0. The van der Waals surface area contributed by atoms with Gasteiger partial charge in [0.15, 0.2) is 0 Å². The molecular formula is C10H11BrO2. The average molecular weight is 243 g/mol. The summed E-state index contributed by atoms with van der Waals surface area (Å²) in [7, 11) is 0. The standard InChI is InChI=1S/C10H11BrO2/c1-6-3-4-8(10(12)13)9(5-6)7(2)11/h3-5,7H,1-2H3,(H,12,13). The molecular weight excluding hydrogens is 232 g/mol. The molecule has 0 amide bonds. The molecule has 0 spiro atoms. The fourth-order valence-corrected chi connectivity index (χ4v) is 1.58. The predicted molar refractivity (Wildman–Crippen MR) is 55.5 cm³/mol. The van der Waals surface area contributed by atoms with E-state index in [2.05, 4.69) is 15.9 Å². The lowest BCUT2D eigenvalue weighted by Gasteiger charge is -2.08. The van der Waals surface area contributed by atoms with E-state index in [4.69, 9.17) is 5.11 Å². The number of hydrogen-bond acceptors (Lipinski definition) is 1. The van der Waals surface area contributed by atoms with E-state index in [1.165, 1.54) is 0 Å². The van der Waals surface area contributed by atoms with E-state index in [0.29, 0.717) is 5.56 Å². The molecule has 0 heterocycles. The molecule has 1 aromatic carbocycles. The van der Waals surface area contributed by atoms with Crippen LogP contribution in [0.4, 0.5) is 0 Å². The van der Waals surface area contributed by atoms with Crippen molar-refractivity contribution in [3.63, 3.8) is 0 Å². The highest BCUT2D eigenvalue weighted by atomic mass is 79.9. The molecule has 0 saturated heterocycles. The number of rotatable bonds is 2. The van der Waals surface area contributed by atoms with Gasteiger partial charge in [0.05, 0.1) is 5.56 Å². The Labute approximate surface area is 85.7 Å². The molecule has 0 aliphatic rings. The Hall–Kier alpha value is -0.830. The topological polar surface area (TPSA) is 37.3 Å². The summed E-state index contributed by atoms with van der Waals surface area (Å²) in [4.78, 5) is 10.9. The maximum absolute atomic E-state index is 10.8. The first kappa shape index (κ1) is 10.3. The minimum absolute atomic E-state index is 0.0681. The average Bonchev–Trinajstić information content (AvgIpc) is 2.03. The first-order valence-corrected chi connectivity index (χ1v) is 4.92. The zero-order valence-electron chi connectivity index (χ0n) is 7.54. The number of carboxylic acid groups (broad SMARTS) is 1. The fraction of sp³-hybridized carbons (Fsp3) is 0.300. The van der Waals surface area contributed by atoms with Crippen molar-refractivity contribution in [2.75, 3.05) is 0 Å². The summed E-state index contributed by atoms with van der Waals surface area (Å²) in [5.41, 5.74) is 2.27. The highest BCUT2D eigenvalue weighted by molar-refractivity contribution is 9.09. The molecule has 0 saturated carbocycles. The van der Waals surface area contributed by atoms with Gasteiger partial charge in [-0.25, -0.2) is 4.79 Å². The van der Waals surface area contributed by atoms with Gasteiger partial charge in [0.25, 0.3) is 0 Å². The van der Waals surface area contributed by atoms with Gasteiger partial charge in [-0.1, -0.05) is 33.6 Å². The Balaban J connectivity index is 3.26. The van der Waals surface area contributed by atoms with Crippen molar-refractivity contribution in [3.05, 3.63) is 34.9 Å². The minimum atomic E-state index is -0.874. The van der Waals surface area contributed by atoms with Crippen molar-refractivity contribution in [2.24, 2.45) is 0 Å². The lowest BCUT2D eigenvalue weighted by atomic mass is 10.0. The zero-order valence-corrected chi connectivity index (χ0v) is 9.13. The highest BCUT2D eigenvalue weighted by Crippen LogP contribution is 2.26. The number of alkyl halides is 1. The molecule has 2 nitrogen and oxygen atoms in total. The van der Waals surface area contributed by atoms with E-state index in [1.54, 1.807) is 6.07 Å². The molecule has 3 heteroatoms. The van der Waals surface area contributed by atoms with Crippen LogP contribution in [0.3, 0.4) is 0 Å². The summed E-state index contributed by atoms with van der Waals surface area (Å²) in [5.74, 6) is -0.874. The van der Waals surface area contributed by atoms with E-state index >= 15 is 0 Å². The Kier molecular flexibility index (Phi) is 3.09. The molecule has 1 N–H and O–H groups in total. The Morgan fingerprint density at radius 3 is 2.62 bits per heavy atom. The van der Waals surface area contributed by atoms with E-state index in [9.17, 15) is 4.79 Å². The van der Waals surface area contributed by atoms with Crippen LogP contribution < -0.4 is 0 Å². The smallest absolute Gasteiger partial charge is 0.336 e. The van der Waals surface area contributed by atoms with Gasteiger partial charge in [-0.15, -0.1) is 0 Å². The van der Waals surface area contributed by atoms with Crippen LogP contribution in [0.15, 0.2) is 18.2 Å². The van der Waals surface area contributed by atoms with Crippen LogP contribution in [0.5, 0.6) is 0 Å². The summed E-state index contributed by atoms with van der Waals surface area (Å²) in [6.45, 7) is 3.87. The predicted octanol–water partition coefficient (Wildman–Crippen LogP) is 3.15. The molecule has 13 heavy (non-hydrogen) atoms. The second-order valence-corrected chi connectivity index (χ2v) is 4.39. The Bertz CT molecular complexity index is 332. The summed E-state index contributed by atoms with van der Waals surface area (Å²) in [6, 6.07) is 5.34. The molecule has 1 rings (SSSR count). The SMILES string of the molecule is Cc1ccc(C(=O)O)c(C(C)Br)c1. The van der Waals surface area contributed by atoms with Crippen LogP contribution in [0.25, 0.3) is 0 Å². The summed E-state index contributed by atoms with van der Waals surface area (Å²) < 4.78 is 0. The first-order chi connectivity index (χ1) is 6.02. The van der Waals surface area contributed by atoms with Crippen molar-refractivity contribution >= 4 is 21.9 Å². The van der Waals surface area contributed by atoms with Crippen molar-refractivity contribution in [3.8, 4) is 0 Å². The van der Waals surface area contributed by atoms with E-state index in [0.717, 1.165) is 11.1 Å². The lowest BCUT2D eigenvalue weighted by Crippen LogP contribution is -2.02. The van der Waals surface area contributed by atoms with Crippen molar-refractivity contribution < 1.29 is 9.90 Å². The lowest BCUT2D eigenvalue weighted by molar-refractivity contribution is 0.0695. The number of carboxylic acids is 1. The molecule has 0 radical (unpaired) electrons. The van der Waals surface area contributed by atoms with Crippen LogP contribution in [0.1, 0.15) is 33.2 Å². The van der Waals surface area contributed by atoms with E-state index in [1.807, 2.05) is 26.0 Å². The van der Waals surface area contributed by atoms with Gasteiger partial charge in [0.2, 0.25) is 0 Å². The van der Waals surface area contributed by atoms with Crippen LogP contribution >= 0.6 is 15.9 Å². The third-order valence-corrected chi connectivity index (χ3v) is 2.36. The number of halogens is 1. The number of carbonyl (C=O) groups is 1. The molecule has 1 unspecified atom stereocenters. The number of benzene rings is 1. The second-order valence-electron chi connectivity index (χ2n) is 3.01. The molecule has 0 aliphatic heterocycles. The largest absolute Gasteiger partial charge is 0.478 e. The van der Waals surface area contributed by atoms with E-state index in [-0.39, 0.29) is 4.83 Å². The third-order valence-electron chi connectivity index (χ3n) is 1.87. The fourth-order valence-electron chi connectivity index (χ4n) is 1.21. The van der Waals surface area contributed by atoms with E-state index < -0.39 is 5.97 Å². The molecule has 1 aromatic rings. The van der Waals surface area contributed by atoms with Gasteiger partial charge in [0.1, 0.15) is 0 Å².